The van der Waals surface area contributed by atoms with E-state index in [9.17, 15) is 8.78 Å². The zero-order valence-corrected chi connectivity index (χ0v) is 18.8. The summed E-state index contributed by atoms with van der Waals surface area (Å²) in [5, 5.41) is 0.760. The molecular formula is C25H25F3O2Si. The second-order valence-electron chi connectivity index (χ2n) is 7.66. The number of para-hydroxylation sites is 1. The van der Waals surface area contributed by atoms with Crippen molar-refractivity contribution in [3.63, 3.8) is 0 Å². The molecular weight excluding hydrogens is 417 g/mol. The van der Waals surface area contributed by atoms with Crippen LogP contribution >= 0.6 is 0 Å². The fourth-order valence-corrected chi connectivity index (χ4v) is 5.23. The summed E-state index contributed by atoms with van der Waals surface area (Å²) in [6.45, 7) is 5.94. The van der Waals surface area contributed by atoms with Gasteiger partial charge in [0.15, 0.2) is 19.6 Å². The molecule has 0 fully saturated rings. The molecule has 0 amide bonds. The van der Waals surface area contributed by atoms with Crippen molar-refractivity contribution in [3.05, 3.63) is 95.5 Å². The lowest BCUT2D eigenvalue weighted by atomic mass is 10.1. The van der Waals surface area contributed by atoms with Crippen LogP contribution in [0.2, 0.25) is 13.1 Å². The van der Waals surface area contributed by atoms with E-state index in [1.54, 1.807) is 61.6 Å². The fourth-order valence-electron chi connectivity index (χ4n) is 3.21. The molecule has 0 bridgehead atoms. The number of rotatable bonds is 8. The maximum Gasteiger partial charge on any atom is 0.165 e. The number of ether oxygens (including phenoxy) is 2. The molecule has 0 aliphatic carbocycles. The Kier molecular flexibility index (Phi) is 7.23. The maximum atomic E-state index is 15.2. The second kappa shape index (κ2) is 9.88. The summed E-state index contributed by atoms with van der Waals surface area (Å²) in [6.07, 6.45) is -0.273. The highest BCUT2D eigenvalue weighted by molar-refractivity contribution is 6.95. The molecule has 0 unspecified atom stereocenters. The van der Waals surface area contributed by atoms with E-state index in [4.69, 9.17) is 9.47 Å². The Morgan fingerprint density at radius 3 is 2.19 bits per heavy atom. The molecule has 0 heterocycles. The van der Waals surface area contributed by atoms with Crippen LogP contribution in [0.4, 0.5) is 13.2 Å². The Balaban J connectivity index is 1.81. The maximum absolute atomic E-state index is 15.2. The predicted molar refractivity (Wildman–Crippen MR) is 121 cm³/mol. The van der Waals surface area contributed by atoms with E-state index in [-0.39, 0.29) is 12.2 Å². The molecule has 162 valence electrons. The van der Waals surface area contributed by atoms with Crippen molar-refractivity contribution >= 4 is 13.3 Å². The summed E-state index contributed by atoms with van der Waals surface area (Å²) in [6, 6.07) is 19.9. The Labute approximate surface area is 182 Å². The van der Waals surface area contributed by atoms with Crippen LogP contribution in [0.25, 0.3) is 0 Å². The van der Waals surface area contributed by atoms with Crippen LogP contribution in [0.3, 0.4) is 0 Å². The van der Waals surface area contributed by atoms with Crippen molar-refractivity contribution in [3.8, 4) is 17.2 Å². The van der Waals surface area contributed by atoms with Crippen molar-refractivity contribution in [2.75, 3.05) is 6.61 Å². The van der Waals surface area contributed by atoms with Crippen LogP contribution in [0.1, 0.15) is 12.5 Å². The van der Waals surface area contributed by atoms with E-state index in [1.807, 2.05) is 13.0 Å². The third kappa shape index (κ3) is 5.58. The highest BCUT2D eigenvalue weighted by Gasteiger charge is 2.32. The number of hydrogen-bond acceptors (Lipinski definition) is 2. The van der Waals surface area contributed by atoms with Crippen molar-refractivity contribution in [1.82, 2.24) is 0 Å². The van der Waals surface area contributed by atoms with E-state index in [2.05, 4.69) is 0 Å². The van der Waals surface area contributed by atoms with E-state index < -0.39 is 25.2 Å². The second-order valence-corrected chi connectivity index (χ2v) is 11.9. The lowest BCUT2D eigenvalue weighted by molar-refractivity contribution is 0.340. The summed E-state index contributed by atoms with van der Waals surface area (Å²) in [7, 11) is -2.85. The molecule has 2 nitrogen and oxygen atoms in total. The first-order valence-electron chi connectivity index (χ1n) is 10.1. The molecule has 0 spiro atoms. The third-order valence-corrected chi connectivity index (χ3v) is 8.15. The molecule has 31 heavy (non-hydrogen) atoms. The van der Waals surface area contributed by atoms with Gasteiger partial charge >= 0.3 is 0 Å². The zero-order valence-electron chi connectivity index (χ0n) is 17.8. The minimum absolute atomic E-state index is 0.0278. The largest absolute Gasteiger partial charge is 0.494 e. The first kappa shape index (κ1) is 22.7. The minimum atomic E-state index is -2.85. The van der Waals surface area contributed by atoms with Crippen molar-refractivity contribution in [1.29, 1.82) is 0 Å². The van der Waals surface area contributed by atoms with Gasteiger partial charge in [0.2, 0.25) is 0 Å². The molecule has 0 aliphatic heterocycles. The molecule has 0 N–H and O–H groups in total. The molecule has 0 radical (unpaired) electrons. The summed E-state index contributed by atoms with van der Waals surface area (Å²) < 4.78 is 55.2. The highest BCUT2D eigenvalue weighted by atomic mass is 28.3. The summed E-state index contributed by atoms with van der Waals surface area (Å²) in [5.74, 6) is -0.285. The number of benzene rings is 3. The monoisotopic (exact) mass is 442 g/mol. The van der Waals surface area contributed by atoms with Crippen molar-refractivity contribution in [2.45, 2.75) is 26.4 Å². The number of hydrogen-bond donors (Lipinski definition) is 0. The van der Waals surface area contributed by atoms with Crippen LogP contribution in [0, 0.1) is 5.82 Å². The molecule has 0 saturated carbocycles. The van der Waals surface area contributed by atoms with Gasteiger partial charge in [-0.3, -0.25) is 0 Å². The van der Waals surface area contributed by atoms with Crippen LogP contribution in [0.5, 0.6) is 17.2 Å². The molecule has 3 aromatic rings. The lowest BCUT2D eigenvalue weighted by Gasteiger charge is -2.22. The van der Waals surface area contributed by atoms with Gasteiger partial charge in [0.05, 0.1) is 6.61 Å². The van der Waals surface area contributed by atoms with Crippen LogP contribution in [-0.2, 0) is 6.42 Å². The average molecular weight is 443 g/mol. The number of halogens is 3. The highest BCUT2D eigenvalue weighted by Crippen LogP contribution is 2.29. The molecule has 3 aromatic carbocycles. The van der Waals surface area contributed by atoms with Crippen molar-refractivity contribution in [2.24, 2.45) is 0 Å². The van der Waals surface area contributed by atoms with E-state index in [1.165, 1.54) is 18.2 Å². The van der Waals surface area contributed by atoms with Crippen LogP contribution in [0.15, 0.2) is 84.1 Å². The Hall–Kier alpha value is -2.99. The molecule has 6 heteroatoms. The van der Waals surface area contributed by atoms with Gasteiger partial charge < -0.3 is 9.47 Å². The zero-order chi connectivity index (χ0) is 22.4. The molecule has 0 saturated heterocycles. The lowest BCUT2D eigenvalue weighted by Crippen LogP contribution is -2.43. The van der Waals surface area contributed by atoms with Gasteiger partial charge in [0.25, 0.3) is 0 Å². The van der Waals surface area contributed by atoms with Gasteiger partial charge in [0.1, 0.15) is 22.8 Å². The molecule has 0 aliphatic rings. The fraction of sp³-hybridized carbons (Fsp3) is 0.200. The molecule has 0 atom stereocenters. The quantitative estimate of drug-likeness (QED) is 0.355. The molecule has 3 rings (SSSR count). The van der Waals surface area contributed by atoms with Crippen LogP contribution in [-0.4, -0.2) is 14.7 Å². The topological polar surface area (TPSA) is 18.5 Å². The SMILES string of the molecule is CCOc1ccc([Si](C)(C)/C(F)=C(/F)Cc2ccc(F)c(Oc3ccccc3)c2)cc1. The van der Waals surface area contributed by atoms with Gasteiger partial charge in [-0.1, -0.05) is 54.7 Å². The van der Waals surface area contributed by atoms with E-state index in [0.717, 1.165) is 5.19 Å². The third-order valence-electron chi connectivity index (χ3n) is 5.00. The molecule has 0 aromatic heterocycles. The smallest absolute Gasteiger partial charge is 0.165 e. The normalized spacial score (nSPS) is 12.3. The van der Waals surface area contributed by atoms with Gasteiger partial charge in [-0.05, 0) is 48.9 Å². The van der Waals surface area contributed by atoms with Gasteiger partial charge in [-0.15, -0.1) is 0 Å². The average Bonchev–Trinajstić information content (AvgIpc) is 2.77. The summed E-state index contributed by atoms with van der Waals surface area (Å²) in [4.78, 5) is 0. The number of allylic oxidation sites excluding steroid dienone is 1. The van der Waals surface area contributed by atoms with Gasteiger partial charge in [-0.25, -0.2) is 13.2 Å². The standard InChI is InChI=1S/C25H25F3O2Si/c1-4-29-19-11-13-21(14-12-19)31(2,3)25(28)23(27)16-18-10-15-22(26)24(17-18)30-20-8-6-5-7-9-20/h5-15,17H,4,16H2,1-3H3/b25-23+. The predicted octanol–water partition coefficient (Wildman–Crippen LogP) is 6.86. The van der Waals surface area contributed by atoms with Gasteiger partial charge in [-0.2, -0.15) is 0 Å². The first-order chi connectivity index (χ1) is 14.8. The first-order valence-corrected chi connectivity index (χ1v) is 13.1. The summed E-state index contributed by atoms with van der Waals surface area (Å²) in [5.41, 5.74) is -0.303. The Morgan fingerprint density at radius 2 is 1.55 bits per heavy atom. The van der Waals surface area contributed by atoms with E-state index >= 15 is 4.39 Å². The van der Waals surface area contributed by atoms with Gasteiger partial charge in [0, 0.05) is 6.42 Å². The Morgan fingerprint density at radius 1 is 0.871 bits per heavy atom. The van der Waals surface area contributed by atoms with E-state index in [0.29, 0.717) is 23.7 Å². The minimum Gasteiger partial charge on any atom is -0.494 e. The Bertz CT molecular complexity index is 1050. The summed E-state index contributed by atoms with van der Waals surface area (Å²) >= 11 is 0. The van der Waals surface area contributed by atoms with Crippen molar-refractivity contribution < 1.29 is 22.6 Å². The van der Waals surface area contributed by atoms with Crippen LogP contribution < -0.4 is 14.7 Å².